The lowest BCUT2D eigenvalue weighted by atomic mass is 9.90. The summed E-state index contributed by atoms with van der Waals surface area (Å²) in [5.74, 6) is -0.613. The van der Waals surface area contributed by atoms with Gasteiger partial charge < -0.3 is 10.6 Å². The number of benzene rings is 2. The number of carbonyl (C=O) groups is 2. The molecule has 0 radical (unpaired) electrons. The zero-order valence-corrected chi connectivity index (χ0v) is 15.6. The number of hydrogen-bond donors (Lipinski definition) is 2. The van der Waals surface area contributed by atoms with Gasteiger partial charge in [-0.25, -0.2) is 0 Å². The Hall–Kier alpha value is -2.62. The average Bonchev–Trinajstić information content (AvgIpc) is 2.57. The smallest absolute Gasteiger partial charge is 0.239 e. The van der Waals surface area contributed by atoms with E-state index in [1.165, 1.54) is 5.56 Å². The fourth-order valence-electron chi connectivity index (χ4n) is 2.36. The molecule has 4 heteroatoms. The highest BCUT2D eigenvalue weighted by molar-refractivity contribution is 6.10. The normalized spacial score (nSPS) is 11.1. The van der Waals surface area contributed by atoms with Crippen LogP contribution in [0.3, 0.4) is 0 Å². The van der Waals surface area contributed by atoms with Crippen LogP contribution in [-0.2, 0) is 16.1 Å². The first-order chi connectivity index (χ1) is 11.7. The molecule has 2 N–H and O–H groups in total. The van der Waals surface area contributed by atoms with Gasteiger partial charge >= 0.3 is 0 Å². The largest absolute Gasteiger partial charge is 0.351 e. The molecule has 0 aromatic heterocycles. The van der Waals surface area contributed by atoms with Crippen LogP contribution in [-0.4, -0.2) is 11.8 Å². The van der Waals surface area contributed by atoms with Crippen molar-refractivity contribution in [2.75, 3.05) is 5.32 Å². The Morgan fingerprint density at radius 3 is 2.12 bits per heavy atom. The second kappa shape index (κ2) is 7.51. The van der Waals surface area contributed by atoms with Crippen LogP contribution in [0.25, 0.3) is 0 Å². The van der Waals surface area contributed by atoms with E-state index in [2.05, 4.69) is 10.6 Å². The van der Waals surface area contributed by atoms with Crippen LogP contribution in [0.2, 0.25) is 0 Å². The minimum Gasteiger partial charge on any atom is -0.351 e. The molecular formula is C21H26N2O2. The molecule has 132 valence electrons. The quantitative estimate of drug-likeness (QED) is 0.813. The molecule has 2 aromatic carbocycles. The van der Waals surface area contributed by atoms with E-state index in [0.29, 0.717) is 6.54 Å². The second-order valence-corrected chi connectivity index (χ2v) is 7.07. The minimum absolute atomic E-state index is 0.295. The lowest BCUT2D eigenvalue weighted by molar-refractivity contribution is -0.138. The summed E-state index contributed by atoms with van der Waals surface area (Å²) in [6.45, 7) is 9.59. The third-order valence-electron chi connectivity index (χ3n) is 4.35. The third-order valence-corrected chi connectivity index (χ3v) is 4.35. The average molecular weight is 338 g/mol. The molecule has 25 heavy (non-hydrogen) atoms. The van der Waals surface area contributed by atoms with Gasteiger partial charge in [-0.3, -0.25) is 9.59 Å². The summed E-state index contributed by atoms with van der Waals surface area (Å²) in [5, 5.41) is 5.73. The summed E-state index contributed by atoms with van der Waals surface area (Å²) in [5.41, 5.74) is 3.77. The fraction of sp³-hybridized carbons (Fsp3) is 0.333. The van der Waals surface area contributed by atoms with Gasteiger partial charge in [0.25, 0.3) is 0 Å². The van der Waals surface area contributed by atoms with Crippen LogP contribution in [0, 0.1) is 26.2 Å². The Kier molecular flexibility index (Phi) is 5.62. The van der Waals surface area contributed by atoms with Crippen molar-refractivity contribution in [3.63, 3.8) is 0 Å². The summed E-state index contributed by atoms with van der Waals surface area (Å²) in [6, 6.07) is 13.8. The van der Waals surface area contributed by atoms with Gasteiger partial charge in [-0.15, -0.1) is 0 Å². The van der Waals surface area contributed by atoms with E-state index in [0.717, 1.165) is 22.4 Å². The first-order valence-electron chi connectivity index (χ1n) is 8.42. The second-order valence-electron chi connectivity index (χ2n) is 7.07. The Morgan fingerprint density at radius 1 is 0.880 bits per heavy atom. The number of hydrogen-bond acceptors (Lipinski definition) is 2. The molecule has 0 saturated carbocycles. The van der Waals surface area contributed by atoms with Gasteiger partial charge in [-0.1, -0.05) is 42.0 Å². The van der Waals surface area contributed by atoms with Crippen LogP contribution in [0.4, 0.5) is 5.69 Å². The van der Waals surface area contributed by atoms with E-state index < -0.39 is 5.41 Å². The Morgan fingerprint density at radius 2 is 1.48 bits per heavy atom. The number of amides is 2. The Balaban J connectivity index is 2.02. The van der Waals surface area contributed by atoms with Crippen LogP contribution in [0.15, 0.2) is 42.5 Å². The molecule has 2 amide bonds. The van der Waals surface area contributed by atoms with Gasteiger partial charge in [0.2, 0.25) is 11.8 Å². The summed E-state index contributed by atoms with van der Waals surface area (Å²) in [4.78, 5) is 25.1. The Bertz CT molecular complexity index is 777. The Labute approximate surface area is 149 Å². The standard InChI is InChI=1S/C21H26N2O2/c1-14-7-10-17(11-8-14)13-22-19(24)21(4,5)20(25)23-18-12-15(2)6-9-16(18)3/h6-12H,13H2,1-5H3,(H,22,24)(H,23,25). The maximum atomic E-state index is 12.6. The van der Waals surface area contributed by atoms with Crippen LogP contribution in [0.5, 0.6) is 0 Å². The first-order valence-corrected chi connectivity index (χ1v) is 8.42. The van der Waals surface area contributed by atoms with E-state index in [4.69, 9.17) is 0 Å². The fourth-order valence-corrected chi connectivity index (χ4v) is 2.36. The van der Waals surface area contributed by atoms with Gasteiger partial charge in [0, 0.05) is 12.2 Å². The topological polar surface area (TPSA) is 58.2 Å². The molecule has 0 aliphatic heterocycles. The van der Waals surface area contributed by atoms with Crippen molar-refractivity contribution in [2.24, 2.45) is 5.41 Å². The monoisotopic (exact) mass is 338 g/mol. The maximum absolute atomic E-state index is 12.6. The zero-order valence-electron chi connectivity index (χ0n) is 15.6. The zero-order chi connectivity index (χ0) is 18.6. The predicted molar refractivity (Wildman–Crippen MR) is 101 cm³/mol. The van der Waals surface area contributed by atoms with E-state index in [1.54, 1.807) is 13.8 Å². The van der Waals surface area contributed by atoms with Crippen molar-refractivity contribution in [3.05, 3.63) is 64.7 Å². The van der Waals surface area contributed by atoms with Crippen LogP contribution < -0.4 is 10.6 Å². The summed E-state index contributed by atoms with van der Waals surface area (Å²) < 4.78 is 0. The van der Waals surface area contributed by atoms with E-state index in [1.807, 2.05) is 63.2 Å². The molecule has 0 saturated heterocycles. The summed E-state index contributed by atoms with van der Waals surface area (Å²) in [6.07, 6.45) is 0. The SMILES string of the molecule is Cc1ccc(CNC(=O)C(C)(C)C(=O)Nc2cc(C)ccc2C)cc1. The van der Waals surface area contributed by atoms with Gasteiger partial charge in [0.1, 0.15) is 5.41 Å². The van der Waals surface area contributed by atoms with E-state index in [9.17, 15) is 9.59 Å². The molecule has 2 aromatic rings. The summed E-state index contributed by atoms with van der Waals surface area (Å²) >= 11 is 0. The van der Waals surface area contributed by atoms with Gasteiger partial charge in [-0.2, -0.15) is 0 Å². The van der Waals surface area contributed by atoms with Crippen molar-refractivity contribution in [2.45, 2.75) is 41.2 Å². The van der Waals surface area contributed by atoms with Gasteiger partial charge in [0.05, 0.1) is 0 Å². The first kappa shape index (κ1) is 18.7. The molecule has 0 atom stereocenters. The van der Waals surface area contributed by atoms with Crippen molar-refractivity contribution < 1.29 is 9.59 Å². The van der Waals surface area contributed by atoms with Crippen LogP contribution >= 0.6 is 0 Å². The molecule has 0 heterocycles. The molecular weight excluding hydrogens is 312 g/mol. The predicted octanol–water partition coefficient (Wildman–Crippen LogP) is 3.89. The number of aryl methyl sites for hydroxylation is 3. The van der Waals surface area contributed by atoms with Crippen LogP contribution in [0.1, 0.15) is 36.1 Å². The molecule has 2 rings (SSSR count). The summed E-state index contributed by atoms with van der Waals surface area (Å²) in [7, 11) is 0. The number of carbonyl (C=O) groups excluding carboxylic acids is 2. The van der Waals surface area contributed by atoms with Gasteiger partial charge in [0.15, 0.2) is 0 Å². The third kappa shape index (κ3) is 4.69. The molecule has 0 bridgehead atoms. The molecule has 0 unspecified atom stereocenters. The van der Waals surface area contributed by atoms with Crippen molar-refractivity contribution >= 4 is 17.5 Å². The maximum Gasteiger partial charge on any atom is 0.239 e. The van der Waals surface area contributed by atoms with Crippen molar-refractivity contribution in [1.82, 2.24) is 5.32 Å². The molecule has 0 spiro atoms. The highest BCUT2D eigenvalue weighted by atomic mass is 16.2. The highest BCUT2D eigenvalue weighted by Crippen LogP contribution is 2.22. The molecule has 0 fully saturated rings. The van der Waals surface area contributed by atoms with Crippen molar-refractivity contribution in [3.8, 4) is 0 Å². The number of nitrogens with one attached hydrogen (secondary N) is 2. The highest BCUT2D eigenvalue weighted by Gasteiger charge is 2.36. The lowest BCUT2D eigenvalue weighted by Crippen LogP contribution is -2.45. The van der Waals surface area contributed by atoms with E-state index in [-0.39, 0.29) is 11.8 Å². The lowest BCUT2D eigenvalue weighted by Gasteiger charge is -2.23. The van der Waals surface area contributed by atoms with Crippen molar-refractivity contribution in [1.29, 1.82) is 0 Å². The van der Waals surface area contributed by atoms with E-state index >= 15 is 0 Å². The molecule has 4 nitrogen and oxygen atoms in total. The molecule has 0 aliphatic rings. The number of anilines is 1. The number of rotatable bonds is 5. The minimum atomic E-state index is -1.17. The molecule has 0 aliphatic carbocycles. The van der Waals surface area contributed by atoms with Gasteiger partial charge in [-0.05, 0) is 57.4 Å².